The van der Waals surface area contributed by atoms with E-state index in [4.69, 9.17) is 15.0 Å². The quantitative estimate of drug-likeness (QED) is 0.184. The average molecular weight is 627 g/mol. The van der Waals surface area contributed by atoms with Crippen LogP contribution in [0.4, 0.5) is 0 Å². The van der Waals surface area contributed by atoms with Crippen molar-refractivity contribution < 1.29 is 0 Å². The van der Waals surface area contributed by atoms with Gasteiger partial charge in [-0.2, -0.15) is 0 Å². The maximum absolute atomic E-state index is 5.02. The minimum atomic E-state index is 0.637. The average Bonchev–Trinajstić information content (AvgIpc) is 3.52. The van der Waals surface area contributed by atoms with Gasteiger partial charge in [-0.3, -0.25) is 0 Å². The van der Waals surface area contributed by atoms with Gasteiger partial charge in [-0.05, 0) is 58.7 Å². The number of para-hydroxylation sites is 1. The highest BCUT2D eigenvalue weighted by molar-refractivity contribution is 6.11. The van der Waals surface area contributed by atoms with Gasteiger partial charge in [-0.1, -0.05) is 146 Å². The molecule has 0 unspecified atom stereocenters. The number of nitrogens with zero attached hydrogens (tertiary/aromatic N) is 4. The summed E-state index contributed by atoms with van der Waals surface area (Å²) in [6.45, 7) is 0. The summed E-state index contributed by atoms with van der Waals surface area (Å²) in [5, 5.41) is 2.36. The molecule has 0 atom stereocenters. The van der Waals surface area contributed by atoms with Crippen molar-refractivity contribution in [2.75, 3.05) is 0 Å². The van der Waals surface area contributed by atoms with E-state index in [0.717, 1.165) is 33.4 Å². The molecule has 9 aromatic rings. The predicted octanol–water partition coefficient (Wildman–Crippen LogP) is 11.3. The molecule has 0 saturated carbocycles. The predicted molar refractivity (Wildman–Crippen MR) is 201 cm³/mol. The largest absolute Gasteiger partial charge is 0.309 e. The van der Waals surface area contributed by atoms with Crippen LogP contribution in [-0.2, 0) is 0 Å². The van der Waals surface area contributed by atoms with E-state index in [-0.39, 0.29) is 0 Å². The van der Waals surface area contributed by atoms with Gasteiger partial charge in [-0.15, -0.1) is 0 Å². The molecule has 2 heterocycles. The van der Waals surface area contributed by atoms with Gasteiger partial charge in [0.05, 0.1) is 11.0 Å². The Balaban J connectivity index is 1.23. The molecular formula is C45H30N4. The smallest absolute Gasteiger partial charge is 0.164 e. The normalized spacial score (nSPS) is 11.3. The fraction of sp³-hybridized carbons (Fsp3) is 0. The van der Waals surface area contributed by atoms with Gasteiger partial charge < -0.3 is 4.57 Å². The summed E-state index contributed by atoms with van der Waals surface area (Å²) >= 11 is 0. The first-order valence-corrected chi connectivity index (χ1v) is 16.5. The number of rotatable bonds is 6. The van der Waals surface area contributed by atoms with Crippen molar-refractivity contribution in [3.05, 3.63) is 182 Å². The van der Waals surface area contributed by atoms with Crippen molar-refractivity contribution in [3.8, 4) is 62.1 Å². The zero-order chi connectivity index (χ0) is 32.6. The lowest BCUT2D eigenvalue weighted by Gasteiger charge is -2.10. The molecule has 0 fully saturated rings. The van der Waals surface area contributed by atoms with Gasteiger partial charge in [0.2, 0.25) is 0 Å². The van der Waals surface area contributed by atoms with Crippen LogP contribution in [0.25, 0.3) is 83.9 Å². The van der Waals surface area contributed by atoms with Crippen LogP contribution in [0.1, 0.15) is 0 Å². The molecule has 0 bridgehead atoms. The molecule has 4 nitrogen and oxygen atoms in total. The van der Waals surface area contributed by atoms with Crippen molar-refractivity contribution >= 4 is 21.8 Å². The van der Waals surface area contributed by atoms with Crippen molar-refractivity contribution in [2.24, 2.45) is 0 Å². The van der Waals surface area contributed by atoms with Crippen LogP contribution < -0.4 is 0 Å². The first-order chi connectivity index (χ1) is 24.3. The molecule has 0 amide bonds. The first kappa shape index (κ1) is 28.6. The summed E-state index contributed by atoms with van der Waals surface area (Å²) in [4.78, 5) is 14.9. The highest BCUT2D eigenvalue weighted by atomic mass is 15.0. The zero-order valence-electron chi connectivity index (χ0n) is 26.6. The fourth-order valence-corrected chi connectivity index (χ4v) is 6.64. The molecule has 7 aromatic carbocycles. The molecule has 0 saturated heterocycles. The molecule has 0 aliphatic rings. The minimum Gasteiger partial charge on any atom is -0.309 e. The van der Waals surface area contributed by atoms with E-state index in [0.29, 0.717) is 17.5 Å². The van der Waals surface area contributed by atoms with Gasteiger partial charge in [0.25, 0.3) is 0 Å². The summed E-state index contributed by atoms with van der Waals surface area (Å²) in [7, 11) is 0. The third-order valence-corrected chi connectivity index (χ3v) is 9.04. The minimum absolute atomic E-state index is 0.637. The van der Waals surface area contributed by atoms with Crippen LogP contribution in [0.15, 0.2) is 182 Å². The summed E-state index contributed by atoms with van der Waals surface area (Å²) in [5.74, 6) is 1.93. The lowest BCUT2D eigenvalue weighted by Crippen LogP contribution is -2.00. The van der Waals surface area contributed by atoms with E-state index in [2.05, 4.69) is 126 Å². The van der Waals surface area contributed by atoms with E-state index < -0.39 is 0 Å². The van der Waals surface area contributed by atoms with E-state index in [9.17, 15) is 0 Å². The molecule has 0 aliphatic heterocycles. The van der Waals surface area contributed by atoms with E-state index in [1.54, 1.807) is 0 Å². The van der Waals surface area contributed by atoms with Crippen molar-refractivity contribution in [1.29, 1.82) is 0 Å². The third kappa shape index (κ3) is 5.35. The molecule has 0 spiro atoms. The maximum atomic E-state index is 5.02. The summed E-state index contributed by atoms with van der Waals surface area (Å²) < 4.78 is 2.34. The van der Waals surface area contributed by atoms with Gasteiger partial charge >= 0.3 is 0 Å². The van der Waals surface area contributed by atoms with E-state index in [1.807, 2.05) is 60.7 Å². The van der Waals surface area contributed by atoms with Gasteiger partial charge in [-0.25, -0.2) is 15.0 Å². The Bertz CT molecular complexity index is 2520. The Labute approximate surface area is 284 Å². The second-order valence-corrected chi connectivity index (χ2v) is 12.1. The van der Waals surface area contributed by atoms with Crippen LogP contribution in [0.2, 0.25) is 0 Å². The number of hydrogen-bond acceptors (Lipinski definition) is 3. The van der Waals surface area contributed by atoms with Gasteiger partial charge in [0.1, 0.15) is 0 Å². The summed E-state index contributed by atoms with van der Waals surface area (Å²) in [6.07, 6.45) is 0. The van der Waals surface area contributed by atoms with Crippen LogP contribution in [0, 0.1) is 0 Å². The Morgan fingerprint density at radius 1 is 0.286 bits per heavy atom. The monoisotopic (exact) mass is 626 g/mol. The number of fused-ring (bicyclic) bond motifs is 3. The second-order valence-electron chi connectivity index (χ2n) is 12.1. The summed E-state index contributed by atoms with van der Waals surface area (Å²) in [5.41, 5.74) is 11.0. The topological polar surface area (TPSA) is 43.6 Å². The maximum Gasteiger partial charge on any atom is 0.164 e. The number of benzene rings is 7. The molecule has 0 radical (unpaired) electrons. The molecule has 49 heavy (non-hydrogen) atoms. The summed E-state index contributed by atoms with van der Waals surface area (Å²) in [6, 6.07) is 63.5. The second kappa shape index (κ2) is 12.2. The van der Waals surface area contributed by atoms with E-state index >= 15 is 0 Å². The van der Waals surface area contributed by atoms with Gasteiger partial charge in [0.15, 0.2) is 17.5 Å². The van der Waals surface area contributed by atoms with Crippen molar-refractivity contribution in [2.45, 2.75) is 0 Å². The highest BCUT2D eigenvalue weighted by Crippen LogP contribution is 2.37. The Kier molecular flexibility index (Phi) is 7.10. The number of hydrogen-bond donors (Lipinski definition) is 0. The lowest BCUT2D eigenvalue weighted by molar-refractivity contribution is 1.07. The standard InChI is InChI=1S/C45H30N4/c1-5-14-31(15-6-1)34-20-13-21-35(28-34)36-25-27-41-40(29-36)39-26-24-37(30-42(39)49(41)38-22-11-4-12-23-38)45-47-43(32-16-7-2-8-17-32)46-44(48-45)33-18-9-3-10-19-33/h1-30H. The number of aromatic nitrogens is 4. The molecule has 0 aliphatic carbocycles. The first-order valence-electron chi connectivity index (χ1n) is 16.5. The van der Waals surface area contributed by atoms with Crippen molar-refractivity contribution in [3.63, 3.8) is 0 Å². The third-order valence-electron chi connectivity index (χ3n) is 9.04. The van der Waals surface area contributed by atoms with Crippen LogP contribution >= 0.6 is 0 Å². The van der Waals surface area contributed by atoms with Gasteiger partial charge in [0, 0.05) is 33.2 Å². The Morgan fingerprint density at radius 2 is 0.755 bits per heavy atom. The highest BCUT2D eigenvalue weighted by Gasteiger charge is 2.17. The molecule has 9 rings (SSSR count). The molecule has 0 N–H and O–H groups in total. The molecule has 4 heteroatoms. The van der Waals surface area contributed by atoms with Crippen LogP contribution in [-0.4, -0.2) is 19.5 Å². The lowest BCUT2D eigenvalue weighted by atomic mass is 9.98. The zero-order valence-corrected chi connectivity index (χ0v) is 26.6. The molecule has 2 aromatic heterocycles. The van der Waals surface area contributed by atoms with Crippen molar-refractivity contribution in [1.82, 2.24) is 19.5 Å². The van der Waals surface area contributed by atoms with Crippen LogP contribution in [0.5, 0.6) is 0 Å². The van der Waals surface area contributed by atoms with E-state index in [1.165, 1.54) is 33.0 Å². The molecule has 230 valence electrons. The Morgan fingerprint density at radius 3 is 1.37 bits per heavy atom. The fourth-order valence-electron chi connectivity index (χ4n) is 6.64. The SMILES string of the molecule is c1ccc(-c2cccc(-c3ccc4c(c3)c3ccc(-c5nc(-c6ccccc6)nc(-c6ccccc6)n5)cc3n4-c3ccccc3)c2)cc1. The Hall–Kier alpha value is -6.65. The van der Waals surface area contributed by atoms with Crippen LogP contribution in [0.3, 0.4) is 0 Å². The molecular weight excluding hydrogens is 597 g/mol.